The molecule has 2 aromatic rings. The second kappa shape index (κ2) is 7.34. The minimum absolute atomic E-state index is 0.0201. The molecule has 1 fully saturated rings. The number of amides is 4. The number of anilines is 2. The van der Waals surface area contributed by atoms with Crippen LogP contribution in [0.3, 0.4) is 0 Å². The van der Waals surface area contributed by atoms with Gasteiger partial charge in [-0.05, 0) is 67.7 Å². The lowest BCUT2D eigenvalue weighted by molar-refractivity contribution is -0.122. The number of fused-ring (bicyclic) bond motifs is 1. The highest BCUT2D eigenvalue weighted by molar-refractivity contribution is 6.39. The molecule has 31 heavy (non-hydrogen) atoms. The quantitative estimate of drug-likeness (QED) is 0.583. The van der Waals surface area contributed by atoms with Gasteiger partial charge in [0.05, 0.1) is 5.69 Å². The molecule has 0 radical (unpaired) electrons. The lowest BCUT2D eigenvalue weighted by Gasteiger charge is -2.45. The van der Waals surface area contributed by atoms with Crippen LogP contribution in [0.2, 0.25) is 0 Å². The van der Waals surface area contributed by atoms with Gasteiger partial charge in [0.25, 0.3) is 11.8 Å². The summed E-state index contributed by atoms with van der Waals surface area (Å²) in [4.78, 5) is 40.6. The zero-order valence-electron chi connectivity index (χ0n) is 17.9. The number of carbonyl (C=O) groups is 3. The summed E-state index contributed by atoms with van der Waals surface area (Å²) < 4.78 is 14.2. The largest absolute Gasteiger partial charge is 0.369 e. The van der Waals surface area contributed by atoms with Crippen LogP contribution in [0.1, 0.15) is 44.2 Å². The topological polar surface area (TPSA) is 69.7 Å². The van der Waals surface area contributed by atoms with E-state index in [0.717, 1.165) is 23.7 Å². The number of barbiturate groups is 1. The number of hydrogen-bond donors (Lipinski definition) is 1. The molecule has 0 saturated carbocycles. The molecular formula is C24H24FN3O3. The van der Waals surface area contributed by atoms with Crippen LogP contribution in [-0.4, -0.2) is 30.4 Å². The van der Waals surface area contributed by atoms with E-state index in [2.05, 4.69) is 38.0 Å². The number of hydrogen-bond acceptors (Lipinski definition) is 4. The number of nitrogens with zero attached hydrogens (tertiary/aromatic N) is 2. The van der Waals surface area contributed by atoms with Crippen LogP contribution < -0.4 is 15.1 Å². The van der Waals surface area contributed by atoms with Crippen LogP contribution in [0, 0.1) is 5.82 Å². The smallest absolute Gasteiger partial charge is 0.336 e. The predicted octanol–water partition coefficient (Wildman–Crippen LogP) is 4.21. The van der Waals surface area contributed by atoms with Gasteiger partial charge in [-0.1, -0.05) is 25.1 Å². The maximum atomic E-state index is 14.2. The molecule has 2 aliphatic heterocycles. The minimum Gasteiger partial charge on any atom is -0.369 e. The maximum Gasteiger partial charge on any atom is 0.336 e. The second-order valence-corrected chi connectivity index (χ2v) is 8.70. The summed E-state index contributed by atoms with van der Waals surface area (Å²) in [7, 11) is 2.05. The van der Waals surface area contributed by atoms with E-state index in [-0.39, 0.29) is 16.8 Å². The van der Waals surface area contributed by atoms with Crippen molar-refractivity contribution < 1.29 is 18.8 Å². The first-order valence-corrected chi connectivity index (χ1v) is 10.1. The van der Waals surface area contributed by atoms with E-state index >= 15 is 0 Å². The van der Waals surface area contributed by atoms with Crippen molar-refractivity contribution in [2.45, 2.75) is 38.6 Å². The Morgan fingerprint density at radius 3 is 2.52 bits per heavy atom. The summed E-state index contributed by atoms with van der Waals surface area (Å²) in [6.45, 7) is 6.55. The standard InChI is InChI=1S/C24H24FN3O3/c1-14-13-24(2,3)27(4)19-10-9-15(11-16(14)19)12-17-21(29)26-23(31)28(22(17)30)20-8-6-5-7-18(20)25/h5-12,14H,13H2,1-4H3,(H,26,29,31)/b17-12+/t14-/m1/s1. The van der Waals surface area contributed by atoms with Crippen LogP contribution in [0.15, 0.2) is 48.0 Å². The number of nitrogens with one attached hydrogen (secondary N) is 1. The van der Waals surface area contributed by atoms with Crippen LogP contribution >= 0.6 is 0 Å². The van der Waals surface area contributed by atoms with Crippen molar-refractivity contribution in [3.63, 3.8) is 0 Å². The van der Waals surface area contributed by atoms with E-state index in [1.807, 2.05) is 18.2 Å². The van der Waals surface area contributed by atoms with E-state index in [9.17, 15) is 18.8 Å². The highest BCUT2D eigenvalue weighted by Gasteiger charge is 2.38. The molecule has 1 N–H and O–H groups in total. The first kappa shape index (κ1) is 20.8. The fraction of sp³-hybridized carbons (Fsp3) is 0.292. The van der Waals surface area contributed by atoms with Gasteiger partial charge in [0.2, 0.25) is 0 Å². The fourth-order valence-electron chi connectivity index (χ4n) is 4.36. The lowest BCUT2D eigenvalue weighted by Crippen LogP contribution is -2.54. The Morgan fingerprint density at radius 1 is 1.10 bits per heavy atom. The van der Waals surface area contributed by atoms with Gasteiger partial charge >= 0.3 is 6.03 Å². The Kier molecular flexibility index (Phi) is 4.92. The normalized spacial score (nSPS) is 21.9. The van der Waals surface area contributed by atoms with Gasteiger partial charge in [0, 0.05) is 18.3 Å². The number of rotatable bonds is 2. The van der Waals surface area contributed by atoms with E-state index in [1.165, 1.54) is 24.3 Å². The summed E-state index contributed by atoms with van der Waals surface area (Å²) in [6.07, 6.45) is 2.41. The first-order valence-electron chi connectivity index (χ1n) is 10.1. The zero-order chi connectivity index (χ0) is 22.5. The van der Waals surface area contributed by atoms with Crippen LogP contribution in [0.5, 0.6) is 0 Å². The van der Waals surface area contributed by atoms with Gasteiger partial charge < -0.3 is 4.90 Å². The summed E-state index contributed by atoms with van der Waals surface area (Å²) in [5.41, 5.74) is 2.49. The molecule has 0 bridgehead atoms. The average molecular weight is 421 g/mol. The van der Waals surface area contributed by atoms with Gasteiger partial charge in [-0.2, -0.15) is 0 Å². The molecule has 7 heteroatoms. The highest BCUT2D eigenvalue weighted by atomic mass is 19.1. The third kappa shape index (κ3) is 3.50. The van der Waals surface area contributed by atoms with Crippen LogP contribution in [-0.2, 0) is 9.59 Å². The van der Waals surface area contributed by atoms with Crippen molar-refractivity contribution in [3.8, 4) is 0 Å². The van der Waals surface area contributed by atoms with Crippen LogP contribution in [0.25, 0.3) is 6.08 Å². The molecule has 6 nitrogen and oxygen atoms in total. The maximum absolute atomic E-state index is 14.2. The molecule has 4 amide bonds. The molecule has 2 heterocycles. The first-order chi connectivity index (χ1) is 14.6. The van der Waals surface area contributed by atoms with Crippen molar-refractivity contribution in [2.75, 3.05) is 16.8 Å². The van der Waals surface area contributed by atoms with E-state index in [4.69, 9.17) is 0 Å². The van der Waals surface area contributed by atoms with E-state index in [1.54, 1.807) is 0 Å². The molecule has 0 aromatic heterocycles. The van der Waals surface area contributed by atoms with E-state index in [0.29, 0.717) is 16.4 Å². The Balaban J connectivity index is 1.74. The second-order valence-electron chi connectivity index (χ2n) is 8.70. The van der Waals surface area contributed by atoms with Crippen molar-refractivity contribution in [2.24, 2.45) is 0 Å². The number of urea groups is 1. The summed E-state index contributed by atoms with van der Waals surface area (Å²) in [6, 6.07) is 10.2. The third-order valence-corrected chi connectivity index (χ3v) is 6.16. The molecule has 160 valence electrons. The van der Waals surface area contributed by atoms with Gasteiger partial charge in [-0.15, -0.1) is 0 Å². The Bertz CT molecular complexity index is 1140. The van der Waals surface area contributed by atoms with Gasteiger partial charge in [-0.25, -0.2) is 14.1 Å². The van der Waals surface area contributed by atoms with E-state index < -0.39 is 23.7 Å². The molecule has 2 aromatic carbocycles. The highest BCUT2D eigenvalue weighted by Crippen LogP contribution is 2.42. The van der Waals surface area contributed by atoms with Gasteiger partial charge in [-0.3, -0.25) is 14.9 Å². The monoisotopic (exact) mass is 421 g/mol. The molecule has 0 spiro atoms. The summed E-state index contributed by atoms with van der Waals surface area (Å²) >= 11 is 0. The fourth-order valence-corrected chi connectivity index (χ4v) is 4.36. The summed E-state index contributed by atoms with van der Waals surface area (Å²) in [5.74, 6) is -2.09. The van der Waals surface area contributed by atoms with Gasteiger partial charge in [0.15, 0.2) is 0 Å². The Morgan fingerprint density at radius 2 is 1.81 bits per heavy atom. The van der Waals surface area contributed by atoms with Crippen LogP contribution in [0.4, 0.5) is 20.6 Å². The number of carbonyl (C=O) groups excluding carboxylic acids is 3. The molecule has 2 aliphatic rings. The number of benzene rings is 2. The van der Waals surface area contributed by atoms with Gasteiger partial charge in [0.1, 0.15) is 11.4 Å². The number of para-hydroxylation sites is 1. The summed E-state index contributed by atoms with van der Waals surface area (Å²) in [5, 5.41) is 2.13. The zero-order valence-corrected chi connectivity index (χ0v) is 17.9. The van der Waals surface area contributed by atoms with Crippen molar-refractivity contribution in [1.29, 1.82) is 0 Å². The molecule has 4 rings (SSSR count). The van der Waals surface area contributed by atoms with Crippen molar-refractivity contribution in [1.82, 2.24) is 5.32 Å². The molecule has 1 saturated heterocycles. The lowest BCUT2D eigenvalue weighted by atomic mass is 9.80. The predicted molar refractivity (Wildman–Crippen MR) is 117 cm³/mol. The molecular weight excluding hydrogens is 397 g/mol. The molecule has 1 atom stereocenters. The van der Waals surface area contributed by atoms with Crippen molar-refractivity contribution >= 4 is 35.3 Å². The SMILES string of the molecule is C[C@@H]1CC(C)(C)N(C)c2ccc(/C=C3\C(=O)NC(=O)N(c4ccccc4F)C3=O)cc21. The van der Waals surface area contributed by atoms with Crippen molar-refractivity contribution in [3.05, 3.63) is 65.0 Å². The molecule has 0 aliphatic carbocycles. The minimum atomic E-state index is -0.972. The molecule has 0 unspecified atom stereocenters. The average Bonchev–Trinajstić information content (AvgIpc) is 2.70. The Labute approximate surface area is 180 Å². The number of imide groups is 2. The number of halogens is 1. The third-order valence-electron chi connectivity index (χ3n) is 6.16. The Hall–Kier alpha value is -3.48.